The van der Waals surface area contributed by atoms with Gasteiger partial charge in [-0.3, -0.25) is 0 Å². The number of benzene rings is 1. The van der Waals surface area contributed by atoms with Crippen LogP contribution in [0.25, 0.3) is 0 Å². The number of hydrogen-bond donors (Lipinski definition) is 0. The highest BCUT2D eigenvalue weighted by Crippen LogP contribution is 2.25. The molecule has 1 atom stereocenters. The summed E-state index contributed by atoms with van der Waals surface area (Å²) in [5.74, 6) is 2.36. The van der Waals surface area contributed by atoms with E-state index in [-0.39, 0.29) is 5.92 Å². The second kappa shape index (κ2) is 7.04. The predicted octanol–water partition coefficient (Wildman–Crippen LogP) is 3.35. The van der Waals surface area contributed by atoms with Crippen LogP contribution in [0, 0.1) is 0 Å². The van der Waals surface area contributed by atoms with E-state index in [4.69, 9.17) is 13.9 Å². The minimum absolute atomic E-state index is 0.240. The van der Waals surface area contributed by atoms with Gasteiger partial charge in [-0.1, -0.05) is 12.1 Å². The first kappa shape index (κ1) is 14.5. The van der Waals surface area contributed by atoms with Gasteiger partial charge < -0.3 is 13.9 Å². The van der Waals surface area contributed by atoms with Gasteiger partial charge in [0.2, 0.25) is 11.8 Å². The molecule has 0 aliphatic carbocycles. The van der Waals surface area contributed by atoms with E-state index < -0.39 is 0 Å². The molecular formula is C15H17BrN2O3. The Labute approximate surface area is 131 Å². The summed E-state index contributed by atoms with van der Waals surface area (Å²) in [4.78, 5) is 0. The lowest BCUT2D eigenvalue weighted by Crippen LogP contribution is -2.15. The first-order valence-corrected chi connectivity index (χ1v) is 7.89. The van der Waals surface area contributed by atoms with Crippen LogP contribution in [0.4, 0.5) is 0 Å². The Morgan fingerprint density at radius 2 is 2.19 bits per heavy atom. The number of rotatable bonds is 5. The van der Waals surface area contributed by atoms with E-state index in [0.717, 1.165) is 29.7 Å². The van der Waals surface area contributed by atoms with Crippen LogP contribution in [0.1, 0.15) is 30.5 Å². The summed E-state index contributed by atoms with van der Waals surface area (Å²) in [6, 6.07) is 7.76. The fourth-order valence-electron chi connectivity index (χ4n) is 2.28. The molecule has 1 fully saturated rings. The number of nitrogens with zero attached hydrogens (tertiary/aromatic N) is 2. The lowest BCUT2D eigenvalue weighted by molar-refractivity contribution is 0.0721. The van der Waals surface area contributed by atoms with Gasteiger partial charge >= 0.3 is 0 Å². The van der Waals surface area contributed by atoms with Gasteiger partial charge in [-0.25, -0.2) is 0 Å². The molecule has 0 spiro atoms. The van der Waals surface area contributed by atoms with Crippen molar-refractivity contribution in [1.82, 2.24) is 10.2 Å². The minimum Gasteiger partial charge on any atom is -0.492 e. The van der Waals surface area contributed by atoms with Gasteiger partial charge in [-0.05, 0) is 40.9 Å². The SMILES string of the molecule is Brc1ccccc1OCCc1nnc(C2CCCOC2)o1. The van der Waals surface area contributed by atoms with Gasteiger partial charge in [0.15, 0.2) is 0 Å². The van der Waals surface area contributed by atoms with Crippen LogP contribution in [0.5, 0.6) is 5.75 Å². The highest BCUT2D eigenvalue weighted by Gasteiger charge is 2.21. The maximum atomic E-state index is 5.70. The van der Waals surface area contributed by atoms with Crippen LogP contribution < -0.4 is 4.74 Å². The summed E-state index contributed by atoms with van der Waals surface area (Å²) in [7, 11) is 0. The highest BCUT2D eigenvalue weighted by atomic mass is 79.9. The summed E-state index contributed by atoms with van der Waals surface area (Å²) >= 11 is 3.45. The van der Waals surface area contributed by atoms with Crippen molar-refractivity contribution in [2.24, 2.45) is 0 Å². The Morgan fingerprint density at radius 1 is 1.29 bits per heavy atom. The third-order valence-corrected chi connectivity index (χ3v) is 4.06. The first-order valence-electron chi connectivity index (χ1n) is 7.10. The van der Waals surface area contributed by atoms with E-state index in [2.05, 4.69) is 26.1 Å². The van der Waals surface area contributed by atoms with Crippen molar-refractivity contribution in [2.45, 2.75) is 25.2 Å². The fourth-order valence-corrected chi connectivity index (χ4v) is 2.68. The Kier molecular flexibility index (Phi) is 4.87. The largest absolute Gasteiger partial charge is 0.492 e. The van der Waals surface area contributed by atoms with Crippen LogP contribution in [0.3, 0.4) is 0 Å². The predicted molar refractivity (Wildman–Crippen MR) is 80.4 cm³/mol. The second-order valence-electron chi connectivity index (χ2n) is 4.98. The molecule has 0 radical (unpaired) electrons. The van der Waals surface area contributed by atoms with Crippen molar-refractivity contribution in [2.75, 3.05) is 19.8 Å². The third-order valence-electron chi connectivity index (χ3n) is 3.40. The molecule has 3 rings (SSSR count). The van der Waals surface area contributed by atoms with Crippen LogP contribution in [-0.4, -0.2) is 30.0 Å². The number of para-hydroxylation sites is 1. The average molecular weight is 353 g/mol. The van der Waals surface area contributed by atoms with Gasteiger partial charge in [0.05, 0.1) is 30.0 Å². The van der Waals surface area contributed by atoms with E-state index in [1.54, 1.807) is 0 Å². The summed E-state index contributed by atoms with van der Waals surface area (Å²) in [5, 5.41) is 8.20. The Bertz CT molecular complexity index is 582. The molecule has 1 aliphatic heterocycles. The van der Waals surface area contributed by atoms with Crippen molar-refractivity contribution >= 4 is 15.9 Å². The molecule has 6 heteroatoms. The van der Waals surface area contributed by atoms with Crippen molar-refractivity contribution in [1.29, 1.82) is 0 Å². The smallest absolute Gasteiger partial charge is 0.221 e. The molecule has 1 aliphatic rings. The Hall–Kier alpha value is -1.40. The molecule has 2 aromatic rings. The van der Waals surface area contributed by atoms with Crippen molar-refractivity contribution < 1.29 is 13.9 Å². The normalized spacial score (nSPS) is 18.6. The van der Waals surface area contributed by atoms with Gasteiger partial charge in [-0.2, -0.15) is 0 Å². The number of aromatic nitrogens is 2. The highest BCUT2D eigenvalue weighted by molar-refractivity contribution is 9.10. The Balaban J connectivity index is 1.52. The molecular weight excluding hydrogens is 336 g/mol. The lowest BCUT2D eigenvalue weighted by Gasteiger charge is -2.18. The molecule has 21 heavy (non-hydrogen) atoms. The number of halogens is 1. The third kappa shape index (κ3) is 3.83. The van der Waals surface area contributed by atoms with E-state index in [9.17, 15) is 0 Å². The van der Waals surface area contributed by atoms with Crippen LogP contribution in [0.15, 0.2) is 33.2 Å². The molecule has 0 N–H and O–H groups in total. The van der Waals surface area contributed by atoms with Crippen molar-refractivity contribution in [3.8, 4) is 5.75 Å². The van der Waals surface area contributed by atoms with Crippen LogP contribution in [-0.2, 0) is 11.2 Å². The second-order valence-corrected chi connectivity index (χ2v) is 5.83. The number of ether oxygens (including phenoxy) is 2. The van der Waals surface area contributed by atoms with E-state index in [0.29, 0.717) is 31.4 Å². The zero-order valence-electron chi connectivity index (χ0n) is 11.6. The monoisotopic (exact) mass is 352 g/mol. The van der Waals surface area contributed by atoms with Gasteiger partial charge in [-0.15, -0.1) is 10.2 Å². The molecule has 1 saturated heterocycles. The van der Waals surface area contributed by atoms with Crippen molar-refractivity contribution in [3.05, 3.63) is 40.5 Å². The standard InChI is InChI=1S/C15H17BrN2O3/c16-12-5-1-2-6-13(12)20-9-7-14-17-18-15(21-14)11-4-3-8-19-10-11/h1-2,5-6,11H,3-4,7-10H2. The Morgan fingerprint density at radius 3 is 3.00 bits per heavy atom. The van der Waals surface area contributed by atoms with Crippen LogP contribution in [0.2, 0.25) is 0 Å². The zero-order chi connectivity index (χ0) is 14.5. The van der Waals surface area contributed by atoms with Gasteiger partial charge in [0, 0.05) is 6.61 Å². The fraction of sp³-hybridized carbons (Fsp3) is 0.467. The molecule has 0 amide bonds. The summed E-state index contributed by atoms with van der Waals surface area (Å²) in [5.41, 5.74) is 0. The molecule has 5 nitrogen and oxygen atoms in total. The first-order chi connectivity index (χ1) is 10.3. The minimum atomic E-state index is 0.240. The van der Waals surface area contributed by atoms with Gasteiger partial charge in [0.25, 0.3) is 0 Å². The molecule has 0 bridgehead atoms. The average Bonchev–Trinajstić information content (AvgIpc) is 2.99. The molecule has 1 aromatic heterocycles. The maximum Gasteiger partial charge on any atom is 0.221 e. The maximum absolute atomic E-state index is 5.70. The zero-order valence-corrected chi connectivity index (χ0v) is 13.2. The molecule has 1 unspecified atom stereocenters. The van der Waals surface area contributed by atoms with E-state index >= 15 is 0 Å². The summed E-state index contributed by atoms with van der Waals surface area (Å²) in [6.45, 7) is 2.01. The van der Waals surface area contributed by atoms with Gasteiger partial charge in [0.1, 0.15) is 5.75 Å². The van der Waals surface area contributed by atoms with E-state index in [1.807, 2.05) is 24.3 Å². The molecule has 112 valence electrons. The quantitative estimate of drug-likeness (QED) is 0.825. The number of hydrogen-bond acceptors (Lipinski definition) is 5. The van der Waals surface area contributed by atoms with E-state index in [1.165, 1.54) is 0 Å². The van der Waals surface area contributed by atoms with Crippen molar-refractivity contribution in [3.63, 3.8) is 0 Å². The lowest BCUT2D eigenvalue weighted by atomic mass is 10.0. The topological polar surface area (TPSA) is 57.4 Å². The molecule has 2 heterocycles. The van der Waals surface area contributed by atoms with Crippen LogP contribution >= 0.6 is 15.9 Å². The summed E-state index contributed by atoms with van der Waals surface area (Å²) in [6.07, 6.45) is 2.70. The summed E-state index contributed by atoms with van der Waals surface area (Å²) < 4.78 is 17.8. The molecule has 0 saturated carbocycles. The molecule has 1 aromatic carbocycles.